The molecule has 0 aliphatic carbocycles. The van der Waals surface area contributed by atoms with Crippen molar-refractivity contribution in [1.29, 1.82) is 0 Å². The molecule has 0 saturated carbocycles. The molecule has 0 aromatic heterocycles. The first-order valence-electron chi connectivity index (χ1n) is 4.90. The van der Waals surface area contributed by atoms with E-state index in [1.807, 2.05) is 0 Å². The lowest BCUT2D eigenvalue weighted by Crippen LogP contribution is -2.25. The van der Waals surface area contributed by atoms with Gasteiger partial charge in [-0.1, -0.05) is 0 Å². The number of rotatable bonds is 4. The molecule has 0 spiro atoms. The molecule has 9 heteroatoms. The zero-order valence-corrected chi connectivity index (χ0v) is 10.5. The molecule has 0 atom stereocenters. The Bertz CT molecular complexity index is 565. The average molecular weight is 297 g/mol. The van der Waals surface area contributed by atoms with Crippen LogP contribution in [-0.2, 0) is 14.6 Å². The summed E-state index contributed by atoms with van der Waals surface area (Å²) in [6.45, 7) is -0.356. The minimum atomic E-state index is -5.38. The van der Waals surface area contributed by atoms with Gasteiger partial charge in [0.25, 0.3) is 9.84 Å². The standard InChI is InChI=1S/C10H10F3NO4S/c1-14(6-9(15)16)7-2-4-8(5-3-7)19(17,18)10(11,12)13/h2-5H,6H2,1H3,(H,15,16). The van der Waals surface area contributed by atoms with Crippen LogP contribution in [0.25, 0.3) is 0 Å². The summed E-state index contributed by atoms with van der Waals surface area (Å²) in [4.78, 5) is 10.8. The van der Waals surface area contributed by atoms with E-state index in [9.17, 15) is 26.4 Å². The van der Waals surface area contributed by atoms with E-state index >= 15 is 0 Å². The van der Waals surface area contributed by atoms with Crippen molar-refractivity contribution in [2.24, 2.45) is 0 Å². The van der Waals surface area contributed by atoms with Crippen molar-refractivity contribution >= 4 is 21.5 Å². The molecule has 0 fully saturated rings. The first-order chi connectivity index (χ1) is 8.55. The van der Waals surface area contributed by atoms with Gasteiger partial charge < -0.3 is 10.0 Å². The maximum Gasteiger partial charge on any atom is 0.501 e. The van der Waals surface area contributed by atoms with Gasteiger partial charge in [-0.05, 0) is 24.3 Å². The molecule has 1 N–H and O–H groups in total. The maximum absolute atomic E-state index is 12.3. The van der Waals surface area contributed by atoms with E-state index in [-0.39, 0.29) is 6.54 Å². The van der Waals surface area contributed by atoms with Crippen LogP contribution in [0.15, 0.2) is 29.2 Å². The van der Waals surface area contributed by atoms with E-state index in [1.54, 1.807) is 0 Å². The molecule has 0 heterocycles. The Kier molecular flexibility index (Phi) is 4.09. The van der Waals surface area contributed by atoms with E-state index in [2.05, 4.69) is 0 Å². The third-order valence-electron chi connectivity index (χ3n) is 2.26. The predicted molar refractivity (Wildman–Crippen MR) is 60.6 cm³/mol. The van der Waals surface area contributed by atoms with Gasteiger partial charge in [0, 0.05) is 12.7 Å². The summed E-state index contributed by atoms with van der Waals surface area (Å²) >= 11 is 0. The van der Waals surface area contributed by atoms with Crippen molar-refractivity contribution in [2.75, 3.05) is 18.5 Å². The quantitative estimate of drug-likeness (QED) is 0.911. The highest BCUT2D eigenvalue weighted by Gasteiger charge is 2.46. The Morgan fingerprint density at radius 1 is 1.26 bits per heavy atom. The molecule has 0 amide bonds. The van der Waals surface area contributed by atoms with Crippen molar-refractivity contribution in [1.82, 2.24) is 0 Å². The fourth-order valence-electron chi connectivity index (χ4n) is 1.31. The SMILES string of the molecule is CN(CC(=O)O)c1ccc(S(=O)(=O)C(F)(F)F)cc1. The van der Waals surface area contributed by atoms with Crippen molar-refractivity contribution in [2.45, 2.75) is 10.4 Å². The molecule has 1 aromatic carbocycles. The van der Waals surface area contributed by atoms with Gasteiger partial charge in [-0.2, -0.15) is 13.2 Å². The van der Waals surface area contributed by atoms with Crippen LogP contribution in [0.4, 0.5) is 18.9 Å². The Hall–Kier alpha value is -1.77. The fourth-order valence-corrected chi connectivity index (χ4v) is 2.07. The summed E-state index contributed by atoms with van der Waals surface area (Å²) in [6.07, 6.45) is 0. The number of carboxylic acid groups (broad SMARTS) is 1. The molecule has 0 unspecified atom stereocenters. The molecule has 0 radical (unpaired) electrons. The number of alkyl halides is 3. The number of aliphatic carboxylic acids is 1. The van der Waals surface area contributed by atoms with Crippen LogP contribution in [0.5, 0.6) is 0 Å². The Balaban J connectivity index is 3.04. The first-order valence-corrected chi connectivity index (χ1v) is 6.38. The summed E-state index contributed by atoms with van der Waals surface area (Å²) in [7, 11) is -3.96. The third kappa shape index (κ3) is 3.37. The average Bonchev–Trinajstić information content (AvgIpc) is 2.26. The van der Waals surface area contributed by atoms with E-state index in [0.29, 0.717) is 5.69 Å². The summed E-state index contributed by atoms with van der Waals surface area (Å²) in [5.41, 5.74) is -5.06. The van der Waals surface area contributed by atoms with Crippen LogP contribution < -0.4 is 4.90 Å². The highest BCUT2D eigenvalue weighted by Crippen LogP contribution is 2.30. The van der Waals surface area contributed by atoms with E-state index in [4.69, 9.17) is 5.11 Å². The molecule has 0 saturated heterocycles. The fraction of sp³-hybridized carbons (Fsp3) is 0.300. The Labute approximate surface area is 107 Å². The summed E-state index contributed by atoms with van der Waals surface area (Å²) < 4.78 is 59.0. The zero-order valence-electron chi connectivity index (χ0n) is 9.68. The number of sulfone groups is 1. The second-order valence-electron chi connectivity index (χ2n) is 3.69. The van der Waals surface area contributed by atoms with Gasteiger partial charge in [0.2, 0.25) is 0 Å². The molecule has 5 nitrogen and oxygen atoms in total. The van der Waals surface area contributed by atoms with E-state index in [0.717, 1.165) is 24.3 Å². The van der Waals surface area contributed by atoms with Crippen LogP contribution in [-0.4, -0.2) is 38.6 Å². The van der Waals surface area contributed by atoms with Gasteiger partial charge >= 0.3 is 11.5 Å². The number of anilines is 1. The molecular weight excluding hydrogens is 287 g/mol. The van der Waals surface area contributed by atoms with Crippen molar-refractivity contribution in [3.8, 4) is 0 Å². The first kappa shape index (κ1) is 15.3. The maximum atomic E-state index is 12.3. The number of benzene rings is 1. The van der Waals surface area contributed by atoms with Crippen LogP contribution in [0.1, 0.15) is 0 Å². The van der Waals surface area contributed by atoms with Crippen LogP contribution in [0.3, 0.4) is 0 Å². The van der Waals surface area contributed by atoms with Crippen LogP contribution in [0.2, 0.25) is 0 Å². The third-order valence-corrected chi connectivity index (χ3v) is 3.77. The van der Waals surface area contributed by atoms with Gasteiger partial charge in [-0.3, -0.25) is 4.79 Å². The number of halogens is 3. The van der Waals surface area contributed by atoms with Gasteiger partial charge in [0.1, 0.15) is 6.54 Å². The second kappa shape index (κ2) is 5.08. The lowest BCUT2D eigenvalue weighted by Gasteiger charge is -2.17. The molecule has 1 aromatic rings. The Morgan fingerprint density at radius 2 is 1.74 bits per heavy atom. The van der Waals surface area contributed by atoms with Crippen molar-refractivity contribution < 1.29 is 31.5 Å². The molecule has 1 rings (SSSR count). The molecule has 106 valence electrons. The molecule has 0 bridgehead atoms. The van der Waals surface area contributed by atoms with Gasteiger partial charge in [0.15, 0.2) is 0 Å². The number of likely N-dealkylation sites (N-methyl/N-ethyl adjacent to an activating group) is 1. The number of carbonyl (C=O) groups is 1. The summed E-state index contributed by atoms with van der Waals surface area (Å²) in [5, 5.41) is 8.55. The normalized spacial score (nSPS) is 12.2. The van der Waals surface area contributed by atoms with Gasteiger partial charge in [0.05, 0.1) is 4.90 Å². The summed E-state index contributed by atoms with van der Waals surface area (Å²) in [5.74, 6) is -1.12. The minimum Gasteiger partial charge on any atom is -0.480 e. The Morgan fingerprint density at radius 3 is 2.11 bits per heavy atom. The lowest BCUT2D eigenvalue weighted by molar-refractivity contribution is -0.135. The van der Waals surface area contributed by atoms with Crippen molar-refractivity contribution in [3.63, 3.8) is 0 Å². The number of hydrogen-bond acceptors (Lipinski definition) is 4. The van der Waals surface area contributed by atoms with Crippen LogP contribution in [0, 0.1) is 0 Å². The van der Waals surface area contributed by atoms with Gasteiger partial charge in [-0.25, -0.2) is 8.42 Å². The largest absolute Gasteiger partial charge is 0.501 e. The highest BCUT2D eigenvalue weighted by molar-refractivity contribution is 7.92. The topological polar surface area (TPSA) is 74.7 Å². The predicted octanol–water partition coefficient (Wildman–Crippen LogP) is 1.50. The second-order valence-corrected chi connectivity index (χ2v) is 5.63. The van der Waals surface area contributed by atoms with E-state index < -0.39 is 26.2 Å². The van der Waals surface area contributed by atoms with Crippen LogP contribution >= 0.6 is 0 Å². The smallest absolute Gasteiger partial charge is 0.480 e. The highest BCUT2D eigenvalue weighted by atomic mass is 32.2. The summed E-state index contributed by atoms with van der Waals surface area (Å²) in [6, 6.07) is 3.80. The van der Waals surface area contributed by atoms with Gasteiger partial charge in [-0.15, -0.1) is 0 Å². The van der Waals surface area contributed by atoms with E-state index in [1.165, 1.54) is 11.9 Å². The monoisotopic (exact) mass is 297 g/mol. The molecule has 0 aliphatic rings. The van der Waals surface area contributed by atoms with Crippen molar-refractivity contribution in [3.05, 3.63) is 24.3 Å². The zero-order chi connectivity index (χ0) is 14.8. The molecule has 0 aliphatic heterocycles. The number of nitrogens with zero attached hydrogens (tertiary/aromatic N) is 1. The molecule has 19 heavy (non-hydrogen) atoms. The number of hydrogen-bond donors (Lipinski definition) is 1. The lowest BCUT2D eigenvalue weighted by atomic mass is 10.3. The number of carboxylic acids is 1. The molecular formula is C10H10F3NO4S. The minimum absolute atomic E-state index is 0.295.